The number of hydrogen-bond donors (Lipinski definition) is 0. The van der Waals surface area contributed by atoms with Crippen molar-refractivity contribution in [3.63, 3.8) is 0 Å². The van der Waals surface area contributed by atoms with Crippen LogP contribution in [-0.2, 0) is 0 Å². The van der Waals surface area contributed by atoms with E-state index in [4.69, 9.17) is 0 Å². The lowest BCUT2D eigenvalue weighted by Gasteiger charge is -1.98. The van der Waals surface area contributed by atoms with Gasteiger partial charge in [-0.25, -0.2) is 0 Å². The fraction of sp³-hybridized carbons (Fsp3) is 0.0909. The van der Waals surface area contributed by atoms with E-state index in [0.717, 1.165) is 22.5 Å². The predicted molar refractivity (Wildman–Crippen MR) is 103 cm³/mol. The first-order valence-electron chi connectivity index (χ1n) is 8.01. The van der Waals surface area contributed by atoms with Gasteiger partial charge in [0.2, 0.25) is 0 Å². The van der Waals surface area contributed by atoms with Crippen molar-refractivity contribution < 1.29 is 0 Å². The summed E-state index contributed by atoms with van der Waals surface area (Å²) >= 11 is 0. The molecule has 0 aliphatic carbocycles. The zero-order chi connectivity index (χ0) is 16.8. The second-order valence-electron chi connectivity index (χ2n) is 5.86. The summed E-state index contributed by atoms with van der Waals surface area (Å²) in [5.74, 6) is 0. The van der Waals surface area contributed by atoms with Gasteiger partial charge in [0.05, 0.1) is 11.4 Å². The predicted octanol–water partition coefficient (Wildman–Crippen LogP) is 5.80. The Hall–Kier alpha value is -3.00. The molecule has 0 aliphatic heterocycles. The van der Waals surface area contributed by atoms with Crippen molar-refractivity contribution in [2.45, 2.75) is 13.8 Å². The van der Waals surface area contributed by atoms with E-state index in [2.05, 4.69) is 72.4 Å². The third-order valence-corrected chi connectivity index (χ3v) is 3.71. The first-order valence-corrected chi connectivity index (χ1v) is 8.01. The largest absolute Gasteiger partial charge is 0.256 e. The van der Waals surface area contributed by atoms with E-state index < -0.39 is 0 Å². The molecule has 0 aromatic heterocycles. The van der Waals surface area contributed by atoms with Crippen molar-refractivity contribution >= 4 is 23.8 Å². The molecule has 0 radical (unpaired) electrons. The summed E-state index contributed by atoms with van der Waals surface area (Å²) in [6, 6.07) is 24.5. The summed E-state index contributed by atoms with van der Waals surface area (Å²) in [5.41, 5.74) is 6.48. The van der Waals surface area contributed by atoms with E-state index in [1.165, 1.54) is 11.1 Å². The normalized spacial score (nSPS) is 11.4. The lowest BCUT2D eigenvalue weighted by molar-refractivity contribution is 1.45. The lowest BCUT2D eigenvalue weighted by atomic mass is 10.2. The highest BCUT2D eigenvalue weighted by Crippen LogP contribution is 2.20. The second kappa shape index (κ2) is 7.51. The maximum atomic E-state index is 4.53. The molecule has 0 aliphatic rings. The van der Waals surface area contributed by atoms with Crippen LogP contribution in [0, 0.1) is 13.8 Å². The van der Waals surface area contributed by atoms with Crippen molar-refractivity contribution in [1.29, 1.82) is 0 Å². The Bertz CT molecular complexity index is 786. The minimum atomic E-state index is 0.897. The number of hydrogen-bond acceptors (Lipinski definition) is 2. The molecule has 0 unspecified atom stereocenters. The van der Waals surface area contributed by atoms with E-state index in [1.54, 1.807) is 0 Å². The minimum Gasteiger partial charge on any atom is -0.256 e. The maximum Gasteiger partial charge on any atom is 0.0651 e. The van der Waals surface area contributed by atoms with E-state index in [9.17, 15) is 0 Å². The zero-order valence-corrected chi connectivity index (χ0v) is 14.0. The third kappa shape index (κ3) is 4.50. The number of nitrogens with zero attached hydrogens (tertiary/aromatic N) is 2. The fourth-order valence-corrected chi connectivity index (χ4v) is 2.26. The molecule has 0 saturated carbocycles. The van der Waals surface area contributed by atoms with Gasteiger partial charge in [-0.05, 0) is 43.2 Å². The first-order chi connectivity index (χ1) is 11.7. The second-order valence-corrected chi connectivity index (χ2v) is 5.86. The molecule has 118 valence electrons. The van der Waals surface area contributed by atoms with Crippen LogP contribution >= 0.6 is 0 Å². The molecule has 24 heavy (non-hydrogen) atoms. The van der Waals surface area contributed by atoms with Gasteiger partial charge in [0.25, 0.3) is 0 Å². The highest BCUT2D eigenvalue weighted by atomic mass is 14.7. The molecular formula is C22H20N2. The third-order valence-electron chi connectivity index (χ3n) is 3.71. The fourth-order valence-electron chi connectivity index (χ4n) is 2.26. The Balaban J connectivity index is 1.74. The Kier molecular flexibility index (Phi) is 4.97. The molecule has 0 N–H and O–H groups in total. The van der Waals surface area contributed by atoms with Crippen LogP contribution in [0.3, 0.4) is 0 Å². The van der Waals surface area contributed by atoms with Crippen LogP contribution in [0.15, 0.2) is 82.8 Å². The van der Waals surface area contributed by atoms with Gasteiger partial charge in [-0.1, -0.05) is 65.7 Å². The summed E-state index contributed by atoms with van der Waals surface area (Å²) in [7, 11) is 0. The van der Waals surface area contributed by atoms with Gasteiger partial charge in [0, 0.05) is 12.4 Å². The summed E-state index contributed by atoms with van der Waals surface area (Å²) in [4.78, 5) is 9.07. The summed E-state index contributed by atoms with van der Waals surface area (Å²) < 4.78 is 0. The van der Waals surface area contributed by atoms with Crippen molar-refractivity contribution in [1.82, 2.24) is 0 Å². The molecule has 0 bridgehead atoms. The van der Waals surface area contributed by atoms with E-state index in [0.29, 0.717) is 0 Å². The van der Waals surface area contributed by atoms with Gasteiger partial charge in [-0.3, -0.25) is 9.98 Å². The Labute approximate surface area is 143 Å². The van der Waals surface area contributed by atoms with Gasteiger partial charge < -0.3 is 0 Å². The molecule has 2 nitrogen and oxygen atoms in total. The highest BCUT2D eigenvalue weighted by Gasteiger charge is 1.94. The molecule has 0 amide bonds. The van der Waals surface area contributed by atoms with Gasteiger partial charge in [-0.2, -0.15) is 0 Å². The molecule has 0 fully saturated rings. The smallest absolute Gasteiger partial charge is 0.0651 e. The molecule has 0 heterocycles. The topological polar surface area (TPSA) is 24.7 Å². The first kappa shape index (κ1) is 15.9. The lowest BCUT2D eigenvalue weighted by Crippen LogP contribution is -1.81. The average Bonchev–Trinajstić information content (AvgIpc) is 2.61. The van der Waals surface area contributed by atoms with Crippen LogP contribution in [0.2, 0.25) is 0 Å². The van der Waals surface area contributed by atoms with Crippen LogP contribution < -0.4 is 0 Å². The molecular weight excluding hydrogens is 292 g/mol. The number of aliphatic imine (C=N–C) groups is 2. The number of rotatable bonds is 4. The number of aryl methyl sites for hydroxylation is 2. The molecule has 3 aromatic rings. The Morgan fingerprint density at radius 2 is 1.00 bits per heavy atom. The van der Waals surface area contributed by atoms with Crippen LogP contribution in [0.5, 0.6) is 0 Å². The monoisotopic (exact) mass is 312 g/mol. The van der Waals surface area contributed by atoms with Crippen molar-refractivity contribution in [3.8, 4) is 0 Å². The van der Waals surface area contributed by atoms with Gasteiger partial charge in [-0.15, -0.1) is 0 Å². The molecule has 3 rings (SSSR count). The Morgan fingerprint density at radius 3 is 1.42 bits per heavy atom. The quantitative estimate of drug-likeness (QED) is 0.544. The van der Waals surface area contributed by atoms with E-state index >= 15 is 0 Å². The van der Waals surface area contributed by atoms with Gasteiger partial charge in [0.1, 0.15) is 0 Å². The minimum absolute atomic E-state index is 0.897. The van der Waals surface area contributed by atoms with Crippen LogP contribution in [0.25, 0.3) is 0 Å². The van der Waals surface area contributed by atoms with Crippen LogP contribution in [0.4, 0.5) is 11.4 Å². The molecule has 3 aromatic carbocycles. The summed E-state index contributed by atoms with van der Waals surface area (Å²) in [5, 5.41) is 0. The zero-order valence-electron chi connectivity index (χ0n) is 14.0. The Morgan fingerprint density at radius 1 is 0.583 bits per heavy atom. The van der Waals surface area contributed by atoms with Gasteiger partial charge >= 0.3 is 0 Å². The standard InChI is InChI=1S/C22H20N2/c1-17-6-10-19(11-7-17)15-23-21-4-3-5-22(14-21)24-16-20-12-8-18(2)9-13-20/h3-16H,1-2H3. The van der Waals surface area contributed by atoms with Crippen LogP contribution in [0.1, 0.15) is 22.3 Å². The molecule has 0 spiro atoms. The number of benzene rings is 3. The molecule has 0 saturated heterocycles. The van der Waals surface area contributed by atoms with E-state index in [1.807, 2.05) is 36.7 Å². The van der Waals surface area contributed by atoms with Crippen molar-refractivity contribution in [2.75, 3.05) is 0 Å². The van der Waals surface area contributed by atoms with Crippen LogP contribution in [-0.4, -0.2) is 12.4 Å². The summed E-state index contributed by atoms with van der Waals surface area (Å²) in [6.07, 6.45) is 3.75. The maximum absolute atomic E-state index is 4.53. The molecule has 0 atom stereocenters. The van der Waals surface area contributed by atoms with E-state index in [-0.39, 0.29) is 0 Å². The van der Waals surface area contributed by atoms with Crippen molar-refractivity contribution in [3.05, 3.63) is 95.1 Å². The highest BCUT2D eigenvalue weighted by molar-refractivity contribution is 5.83. The molecule has 2 heteroatoms. The average molecular weight is 312 g/mol. The van der Waals surface area contributed by atoms with Gasteiger partial charge in [0.15, 0.2) is 0 Å². The van der Waals surface area contributed by atoms with Crippen molar-refractivity contribution in [2.24, 2.45) is 9.98 Å². The summed E-state index contributed by atoms with van der Waals surface area (Å²) in [6.45, 7) is 4.16. The SMILES string of the molecule is Cc1ccc(C=Nc2cccc(N=Cc3ccc(C)cc3)c2)cc1.